The normalized spacial score (nSPS) is 18.2. The van der Waals surface area contributed by atoms with Gasteiger partial charge in [0.15, 0.2) is 0 Å². The first-order valence-corrected chi connectivity index (χ1v) is 8.20. The fourth-order valence-corrected chi connectivity index (χ4v) is 3.74. The standard InChI is InChI=1S/C22H21N/c1-15-10-16(2)23(17(3)11-15)22-9-8-20-12-18-6-4-5-7-19(18)13-21(20)14-22/h4-14,16H,1-3H3. The van der Waals surface area contributed by atoms with Gasteiger partial charge in [-0.25, -0.2) is 0 Å². The van der Waals surface area contributed by atoms with Crippen molar-refractivity contribution in [2.75, 3.05) is 4.90 Å². The van der Waals surface area contributed by atoms with Crippen molar-refractivity contribution in [1.29, 1.82) is 0 Å². The van der Waals surface area contributed by atoms with E-state index in [9.17, 15) is 0 Å². The molecular weight excluding hydrogens is 278 g/mol. The Morgan fingerprint density at radius 1 is 0.783 bits per heavy atom. The molecule has 0 fully saturated rings. The fourth-order valence-electron chi connectivity index (χ4n) is 3.74. The van der Waals surface area contributed by atoms with Gasteiger partial charge >= 0.3 is 0 Å². The Kier molecular flexibility index (Phi) is 3.23. The van der Waals surface area contributed by atoms with Crippen LogP contribution in [-0.4, -0.2) is 6.04 Å². The molecule has 3 aromatic rings. The summed E-state index contributed by atoms with van der Waals surface area (Å²) < 4.78 is 0. The molecule has 4 rings (SSSR count). The number of fused-ring (bicyclic) bond motifs is 2. The number of rotatable bonds is 1. The fraction of sp³-hybridized carbons (Fsp3) is 0.182. The summed E-state index contributed by atoms with van der Waals surface area (Å²) in [7, 11) is 0. The molecule has 114 valence electrons. The van der Waals surface area contributed by atoms with Gasteiger partial charge in [-0.1, -0.05) is 42.0 Å². The predicted octanol–water partition coefficient (Wildman–Crippen LogP) is 6.05. The van der Waals surface area contributed by atoms with Crippen LogP contribution in [0.1, 0.15) is 20.8 Å². The molecule has 0 N–H and O–H groups in total. The molecule has 0 radical (unpaired) electrons. The highest BCUT2D eigenvalue weighted by Crippen LogP contribution is 2.31. The lowest BCUT2D eigenvalue weighted by atomic mass is 10.0. The predicted molar refractivity (Wildman–Crippen MR) is 101 cm³/mol. The van der Waals surface area contributed by atoms with Gasteiger partial charge in [-0.2, -0.15) is 0 Å². The molecule has 1 nitrogen and oxygen atoms in total. The quantitative estimate of drug-likeness (QED) is 0.494. The van der Waals surface area contributed by atoms with E-state index in [4.69, 9.17) is 0 Å². The van der Waals surface area contributed by atoms with Crippen molar-refractivity contribution < 1.29 is 0 Å². The van der Waals surface area contributed by atoms with E-state index in [1.54, 1.807) is 0 Å². The molecule has 0 amide bonds. The Morgan fingerprint density at radius 3 is 2.13 bits per heavy atom. The van der Waals surface area contributed by atoms with Gasteiger partial charge < -0.3 is 4.90 Å². The van der Waals surface area contributed by atoms with E-state index in [0.29, 0.717) is 6.04 Å². The van der Waals surface area contributed by atoms with Crippen LogP contribution in [0, 0.1) is 0 Å². The number of allylic oxidation sites excluding steroid dienone is 3. The molecule has 1 atom stereocenters. The molecule has 0 spiro atoms. The summed E-state index contributed by atoms with van der Waals surface area (Å²) in [6.45, 7) is 6.62. The molecule has 23 heavy (non-hydrogen) atoms. The number of anilines is 1. The highest BCUT2D eigenvalue weighted by molar-refractivity contribution is 5.99. The highest BCUT2D eigenvalue weighted by atomic mass is 15.2. The average Bonchev–Trinajstić information content (AvgIpc) is 2.52. The van der Waals surface area contributed by atoms with Crippen molar-refractivity contribution >= 4 is 27.2 Å². The third-order valence-electron chi connectivity index (χ3n) is 4.69. The summed E-state index contributed by atoms with van der Waals surface area (Å²) in [6, 6.07) is 20.3. The maximum absolute atomic E-state index is 2.40. The second-order valence-electron chi connectivity index (χ2n) is 6.54. The molecule has 1 unspecified atom stereocenters. The Labute approximate surface area is 137 Å². The monoisotopic (exact) mass is 299 g/mol. The highest BCUT2D eigenvalue weighted by Gasteiger charge is 2.18. The topological polar surface area (TPSA) is 3.24 Å². The Hall–Kier alpha value is -2.54. The van der Waals surface area contributed by atoms with Crippen LogP contribution in [0.2, 0.25) is 0 Å². The maximum atomic E-state index is 2.40. The van der Waals surface area contributed by atoms with Crippen molar-refractivity contribution in [2.24, 2.45) is 0 Å². The van der Waals surface area contributed by atoms with Crippen LogP contribution in [0.25, 0.3) is 21.5 Å². The van der Waals surface area contributed by atoms with E-state index < -0.39 is 0 Å². The SMILES string of the molecule is CC1=CC(C)N(c2ccc3cc4ccccc4cc3c2)C(C)=C1. The van der Waals surface area contributed by atoms with Gasteiger partial charge in [-0.05, 0) is 72.7 Å². The zero-order chi connectivity index (χ0) is 16.0. The third kappa shape index (κ3) is 2.43. The summed E-state index contributed by atoms with van der Waals surface area (Å²) in [6.07, 6.45) is 4.57. The lowest BCUT2D eigenvalue weighted by Crippen LogP contribution is -2.32. The van der Waals surface area contributed by atoms with Crippen molar-refractivity contribution in [3.8, 4) is 0 Å². The van der Waals surface area contributed by atoms with Crippen LogP contribution in [0.5, 0.6) is 0 Å². The molecule has 3 aromatic carbocycles. The molecule has 0 aromatic heterocycles. The van der Waals surface area contributed by atoms with Gasteiger partial charge in [-0.15, -0.1) is 0 Å². The van der Waals surface area contributed by atoms with Crippen LogP contribution in [0.4, 0.5) is 5.69 Å². The molecule has 0 saturated heterocycles. The first-order valence-electron chi connectivity index (χ1n) is 8.20. The molecule has 1 heterocycles. The molecule has 0 bridgehead atoms. The number of hydrogen-bond donors (Lipinski definition) is 0. The van der Waals surface area contributed by atoms with Crippen LogP contribution in [-0.2, 0) is 0 Å². The zero-order valence-electron chi connectivity index (χ0n) is 13.9. The largest absolute Gasteiger partial charge is 0.339 e. The second kappa shape index (κ2) is 5.27. The second-order valence-corrected chi connectivity index (χ2v) is 6.54. The third-order valence-corrected chi connectivity index (χ3v) is 4.69. The van der Waals surface area contributed by atoms with Crippen molar-refractivity contribution in [3.05, 3.63) is 78.0 Å². The number of hydrogen-bond acceptors (Lipinski definition) is 1. The van der Waals surface area contributed by atoms with E-state index in [2.05, 4.69) is 92.4 Å². The van der Waals surface area contributed by atoms with E-state index >= 15 is 0 Å². The Bertz CT molecular complexity index is 962. The summed E-state index contributed by atoms with van der Waals surface area (Å²) in [5, 5.41) is 5.19. The van der Waals surface area contributed by atoms with Crippen molar-refractivity contribution in [2.45, 2.75) is 26.8 Å². The number of benzene rings is 3. The van der Waals surface area contributed by atoms with Crippen LogP contribution in [0.3, 0.4) is 0 Å². The molecule has 1 aliphatic heterocycles. The van der Waals surface area contributed by atoms with E-state index in [0.717, 1.165) is 0 Å². The molecule has 0 aliphatic carbocycles. The molecule has 1 heteroatoms. The van der Waals surface area contributed by atoms with Gasteiger partial charge in [0.2, 0.25) is 0 Å². The first kappa shape index (κ1) is 14.1. The minimum absolute atomic E-state index is 0.387. The van der Waals surface area contributed by atoms with Gasteiger partial charge in [0.1, 0.15) is 0 Å². The minimum atomic E-state index is 0.387. The van der Waals surface area contributed by atoms with Gasteiger partial charge in [0.25, 0.3) is 0 Å². The summed E-state index contributed by atoms with van der Waals surface area (Å²) in [5.41, 5.74) is 3.91. The lowest BCUT2D eigenvalue weighted by Gasteiger charge is -2.33. The van der Waals surface area contributed by atoms with Gasteiger partial charge in [-0.3, -0.25) is 0 Å². The number of nitrogens with zero attached hydrogens (tertiary/aromatic N) is 1. The molecular formula is C22H21N. The molecule has 1 aliphatic rings. The van der Waals surface area contributed by atoms with Crippen molar-refractivity contribution in [1.82, 2.24) is 0 Å². The van der Waals surface area contributed by atoms with E-state index in [1.807, 2.05) is 0 Å². The van der Waals surface area contributed by atoms with Crippen molar-refractivity contribution in [3.63, 3.8) is 0 Å². The lowest BCUT2D eigenvalue weighted by molar-refractivity contribution is 0.800. The summed E-state index contributed by atoms with van der Waals surface area (Å²) in [5.74, 6) is 0. The average molecular weight is 299 g/mol. The van der Waals surface area contributed by atoms with Crippen LogP contribution < -0.4 is 4.90 Å². The van der Waals surface area contributed by atoms with Crippen LogP contribution >= 0.6 is 0 Å². The van der Waals surface area contributed by atoms with Gasteiger partial charge in [0, 0.05) is 17.4 Å². The minimum Gasteiger partial charge on any atom is -0.339 e. The summed E-state index contributed by atoms with van der Waals surface area (Å²) >= 11 is 0. The van der Waals surface area contributed by atoms with Gasteiger partial charge in [0.05, 0.1) is 0 Å². The Balaban J connectivity index is 1.86. The zero-order valence-corrected chi connectivity index (χ0v) is 13.9. The van der Waals surface area contributed by atoms with E-state index in [1.165, 1.54) is 38.5 Å². The van der Waals surface area contributed by atoms with E-state index in [-0.39, 0.29) is 0 Å². The smallest absolute Gasteiger partial charge is 0.0496 e. The first-order chi connectivity index (χ1) is 11.1. The molecule has 0 saturated carbocycles. The van der Waals surface area contributed by atoms with Crippen LogP contribution in [0.15, 0.2) is 78.0 Å². The Morgan fingerprint density at radius 2 is 1.43 bits per heavy atom. The summed E-state index contributed by atoms with van der Waals surface area (Å²) in [4.78, 5) is 2.40. The maximum Gasteiger partial charge on any atom is 0.0496 e.